The third kappa shape index (κ3) is 3.03. The molecule has 0 aliphatic heterocycles. The van der Waals surface area contributed by atoms with Crippen molar-refractivity contribution in [1.29, 1.82) is 0 Å². The van der Waals surface area contributed by atoms with Gasteiger partial charge in [-0.05, 0) is 62.4 Å². The first kappa shape index (κ1) is 20.5. The van der Waals surface area contributed by atoms with E-state index in [2.05, 4.69) is 6.72 Å². The first-order valence-electron chi connectivity index (χ1n) is 10.5. The van der Waals surface area contributed by atoms with Crippen LogP contribution >= 0.6 is 0 Å². The molecule has 3 saturated carbocycles. The normalized spacial score (nSPS) is 39.3. The first-order chi connectivity index (χ1) is 13.5. The number of hydrogen-bond donors (Lipinski definition) is 0. The van der Waals surface area contributed by atoms with Gasteiger partial charge in [-0.2, -0.15) is 17.7 Å². The number of carbonyl (C=O) groups excluding carboxylic acids is 3. The van der Waals surface area contributed by atoms with Gasteiger partial charge in [0.05, 0.1) is 5.41 Å². The molecule has 0 unspecified atom stereocenters. The van der Waals surface area contributed by atoms with Crippen molar-refractivity contribution in [2.75, 3.05) is 6.54 Å². The smallest absolute Gasteiger partial charge is 0.299 e. The summed E-state index contributed by atoms with van der Waals surface area (Å²) in [4.78, 5) is 36.4. The predicted molar refractivity (Wildman–Crippen MR) is 99.4 cm³/mol. The second-order valence-corrected chi connectivity index (χ2v) is 9.63. The Kier molecular flexibility index (Phi) is 4.67. The Bertz CT molecular complexity index is 830. The summed E-state index contributed by atoms with van der Waals surface area (Å²) in [5.41, 5.74) is -0.0986. The van der Waals surface area contributed by atoms with Gasteiger partial charge in [0.25, 0.3) is 0 Å². The summed E-state index contributed by atoms with van der Waals surface area (Å²) >= 11 is 0. The molecule has 0 aromatic heterocycles. The highest BCUT2D eigenvalue weighted by atomic mass is 19.4. The van der Waals surface area contributed by atoms with E-state index >= 15 is 0 Å². The van der Waals surface area contributed by atoms with Crippen LogP contribution in [0.5, 0.6) is 0 Å². The van der Waals surface area contributed by atoms with E-state index in [0.29, 0.717) is 29.6 Å². The molecule has 1 amide bonds. The third-order valence-corrected chi connectivity index (χ3v) is 8.40. The van der Waals surface area contributed by atoms with Gasteiger partial charge in [-0.25, -0.2) is 4.79 Å². The lowest BCUT2D eigenvalue weighted by Crippen LogP contribution is -2.55. The molecule has 3 fully saturated rings. The van der Waals surface area contributed by atoms with Gasteiger partial charge in [0.1, 0.15) is 12.5 Å². The summed E-state index contributed by atoms with van der Waals surface area (Å²) in [6, 6.07) is 0. The molecule has 0 radical (unpaired) electrons. The Morgan fingerprint density at radius 2 is 1.86 bits per heavy atom. The van der Waals surface area contributed by atoms with Crippen LogP contribution in [-0.2, 0) is 14.4 Å². The van der Waals surface area contributed by atoms with Gasteiger partial charge in [-0.1, -0.05) is 12.5 Å². The number of rotatable bonds is 2. The van der Waals surface area contributed by atoms with Crippen LogP contribution in [0, 0.1) is 28.6 Å². The zero-order valence-corrected chi connectivity index (χ0v) is 16.7. The number of alkyl halides is 3. The van der Waals surface area contributed by atoms with Crippen LogP contribution in [0.2, 0.25) is 0 Å². The maximum absolute atomic E-state index is 13.0. The minimum absolute atomic E-state index is 0.00327. The van der Waals surface area contributed by atoms with Gasteiger partial charge in [-0.3, -0.25) is 9.59 Å². The number of hydrogen-bond acceptors (Lipinski definition) is 3. The largest absolute Gasteiger partial charge is 0.521 e. The minimum atomic E-state index is -4.97. The van der Waals surface area contributed by atoms with E-state index in [1.807, 2.05) is 6.92 Å². The number of carbonyl (C=O) groups is 3. The van der Waals surface area contributed by atoms with Gasteiger partial charge in [0, 0.05) is 18.3 Å². The highest BCUT2D eigenvalue weighted by Gasteiger charge is 2.62. The lowest BCUT2D eigenvalue weighted by atomic mass is 9.47. The number of fused-ring (bicyclic) bond motifs is 5. The van der Waals surface area contributed by atoms with E-state index in [9.17, 15) is 27.6 Å². The van der Waals surface area contributed by atoms with Crippen molar-refractivity contribution in [2.45, 2.75) is 64.5 Å². The van der Waals surface area contributed by atoms with E-state index in [1.54, 1.807) is 6.08 Å². The van der Waals surface area contributed by atoms with Crippen LogP contribution in [0.4, 0.5) is 13.2 Å². The maximum atomic E-state index is 13.0. The Morgan fingerprint density at radius 1 is 1.14 bits per heavy atom. The monoisotopic (exact) mass is 410 g/mol. The molecule has 4 aliphatic rings. The van der Waals surface area contributed by atoms with E-state index in [0.717, 1.165) is 31.3 Å². The molecule has 4 aliphatic carbocycles. The lowest BCUT2D eigenvalue weighted by Gasteiger charge is -2.56. The van der Waals surface area contributed by atoms with Crippen LogP contribution in [-0.4, -0.2) is 41.5 Å². The summed E-state index contributed by atoms with van der Waals surface area (Å²) < 4.78 is 39.6. The lowest BCUT2D eigenvalue weighted by molar-refractivity contribution is -0.479. The highest BCUT2D eigenvalue weighted by Crippen LogP contribution is 2.64. The van der Waals surface area contributed by atoms with Gasteiger partial charge in [0.2, 0.25) is 0 Å². The summed E-state index contributed by atoms with van der Waals surface area (Å²) in [5, 5.41) is 0. The Morgan fingerprint density at radius 3 is 2.55 bits per heavy atom. The average Bonchev–Trinajstić information content (AvgIpc) is 2.95. The minimum Gasteiger partial charge on any atom is -0.299 e. The average molecular weight is 410 g/mol. The molecule has 5 atom stereocenters. The van der Waals surface area contributed by atoms with Crippen molar-refractivity contribution < 1.29 is 32.1 Å². The zero-order valence-electron chi connectivity index (χ0n) is 16.7. The van der Waals surface area contributed by atoms with Crippen molar-refractivity contribution in [1.82, 2.24) is 0 Å². The fourth-order valence-electron chi connectivity index (χ4n) is 7.02. The van der Waals surface area contributed by atoms with Gasteiger partial charge in [0.15, 0.2) is 12.3 Å². The van der Waals surface area contributed by atoms with Crippen LogP contribution < -0.4 is 0 Å². The van der Waals surface area contributed by atoms with Crippen LogP contribution in [0.3, 0.4) is 0 Å². The highest BCUT2D eigenvalue weighted by molar-refractivity contribution is 5.92. The van der Waals surface area contributed by atoms with Gasteiger partial charge in [-0.15, -0.1) is 0 Å². The summed E-state index contributed by atoms with van der Waals surface area (Å²) in [6.45, 7) is 5.36. The van der Waals surface area contributed by atoms with Crippen molar-refractivity contribution >= 4 is 24.2 Å². The molecule has 0 N–H and O–H groups in total. The second-order valence-electron chi connectivity index (χ2n) is 9.63. The number of nitrogens with zero attached hydrogens (tertiary/aromatic N) is 1. The van der Waals surface area contributed by atoms with Gasteiger partial charge >= 0.3 is 12.1 Å². The molecule has 158 valence electrons. The standard InChI is InChI=1S/C22H27F3NO3/c1-20-9-8-17-15(16(20)5-6-18(20)28)4-3-13-11-14(27)7-10-21(13,17)12-26(2)19(29)22(23,24)25/h11,15-17H,2-10,12H2,1H3/q+1/t15-,16-,17-,20-,21+/m0/s1. The molecule has 7 heteroatoms. The zero-order chi connectivity index (χ0) is 21.2. The Balaban J connectivity index is 1.71. The van der Waals surface area contributed by atoms with Crippen molar-refractivity contribution in [3.8, 4) is 0 Å². The second kappa shape index (κ2) is 6.61. The van der Waals surface area contributed by atoms with Crippen molar-refractivity contribution in [2.24, 2.45) is 28.6 Å². The molecule has 0 bridgehead atoms. The van der Waals surface area contributed by atoms with E-state index in [1.165, 1.54) is 0 Å². The molecule has 0 spiro atoms. The molecule has 4 rings (SSSR count). The van der Waals surface area contributed by atoms with Crippen molar-refractivity contribution in [3.63, 3.8) is 0 Å². The van der Waals surface area contributed by atoms with E-state index in [-0.39, 0.29) is 41.9 Å². The fourth-order valence-corrected chi connectivity index (χ4v) is 7.02. The van der Waals surface area contributed by atoms with E-state index in [4.69, 9.17) is 0 Å². The van der Waals surface area contributed by atoms with Crippen LogP contribution in [0.1, 0.15) is 58.3 Å². The Labute approximate surface area is 168 Å². The fraction of sp³-hybridized carbons (Fsp3) is 0.727. The molecule has 0 saturated heterocycles. The summed E-state index contributed by atoms with van der Waals surface area (Å²) in [5.74, 6) is -1.09. The summed E-state index contributed by atoms with van der Waals surface area (Å²) in [7, 11) is 0. The first-order valence-corrected chi connectivity index (χ1v) is 10.5. The predicted octanol–water partition coefficient (Wildman–Crippen LogP) is 3.87. The molecule has 0 heterocycles. The quantitative estimate of drug-likeness (QED) is 0.513. The summed E-state index contributed by atoms with van der Waals surface area (Å²) in [6.07, 6.45) is 1.74. The molecule has 29 heavy (non-hydrogen) atoms. The maximum Gasteiger partial charge on any atom is 0.521 e. The van der Waals surface area contributed by atoms with E-state index < -0.39 is 17.5 Å². The SMILES string of the molecule is C=[N+](C[C@]12CCC(=O)C=C1CC[C@@H]1[C@@H]2CC[C@]2(C)C(=O)CC[C@@H]12)C(=O)C(F)(F)F. The molecular formula is C22H27F3NO3+. The molecule has 4 nitrogen and oxygen atoms in total. The number of halogens is 3. The van der Waals surface area contributed by atoms with Crippen molar-refractivity contribution in [3.05, 3.63) is 11.6 Å². The molecule has 0 aromatic rings. The van der Waals surface area contributed by atoms with Crippen LogP contribution in [0.15, 0.2) is 11.6 Å². The molecular weight excluding hydrogens is 383 g/mol. The molecule has 0 aromatic carbocycles. The number of Topliss-reactive ketones (excluding diaryl/α,β-unsaturated/α-hetero) is 1. The third-order valence-electron chi connectivity index (χ3n) is 8.40. The number of amides is 1. The topological polar surface area (TPSA) is 54.2 Å². The Hall–Kier alpha value is -1.79. The van der Waals surface area contributed by atoms with Gasteiger partial charge < -0.3 is 0 Å². The van der Waals surface area contributed by atoms with Crippen LogP contribution in [0.25, 0.3) is 0 Å². The number of ketones is 2.